The SMILES string of the molecule is CC.CC.Cc1nc2cc(Cl)ccc2s1. The van der Waals surface area contributed by atoms with Crippen molar-refractivity contribution >= 4 is 33.2 Å². The molecular formula is C12H18ClNS. The van der Waals surface area contributed by atoms with Crippen LogP contribution in [0.2, 0.25) is 5.02 Å². The number of fused-ring (bicyclic) bond motifs is 1. The molecule has 0 N–H and O–H groups in total. The van der Waals surface area contributed by atoms with Crippen molar-refractivity contribution in [3.8, 4) is 0 Å². The third kappa shape index (κ3) is 4.18. The molecule has 0 fully saturated rings. The lowest BCUT2D eigenvalue weighted by Crippen LogP contribution is -1.67. The Labute approximate surface area is 101 Å². The van der Waals surface area contributed by atoms with Gasteiger partial charge in [-0.2, -0.15) is 0 Å². The summed E-state index contributed by atoms with van der Waals surface area (Å²) in [6.07, 6.45) is 0. The van der Waals surface area contributed by atoms with Crippen LogP contribution in [0, 0.1) is 6.92 Å². The number of nitrogens with zero attached hydrogens (tertiary/aromatic N) is 1. The van der Waals surface area contributed by atoms with Crippen LogP contribution in [0.1, 0.15) is 32.7 Å². The van der Waals surface area contributed by atoms with E-state index in [1.165, 1.54) is 4.70 Å². The van der Waals surface area contributed by atoms with Gasteiger partial charge in [-0.3, -0.25) is 0 Å². The quantitative estimate of drug-likeness (QED) is 0.611. The lowest BCUT2D eigenvalue weighted by Gasteiger charge is -1.86. The summed E-state index contributed by atoms with van der Waals surface area (Å²) in [6, 6.07) is 5.78. The molecule has 0 amide bonds. The summed E-state index contributed by atoms with van der Waals surface area (Å²) < 4.78 is 1.20. The summed E-state index contributed by atoms with van der Waals surface area (Å²) in [7, 11) is 0. The molecule has 3 heteroatoms. The first-order chi connectivity index (χ1) is 7.25. The standard InChI is InChI=1S/C8H6ClNS.2C2H6/c1-5-10-7-4-6(9)2-3-8(7)11-5;2*1-2/h2-4H,1H3;2*1-2H3. The van der Waals surface area contributed by atoms with Gasteiger partial charge < -0.3 is 0 Å². The fourth-order valence-electron chi connectivity index (χ4n) is 1.02. The molecule has 0 atom stereocenters. The van der Waals surface area contributed by atoms with Crippen LogP contribution in [0.15, 0.2) is 18.2 Å². The number of aryl methyl sites for hydroxylation is 1. The first kappa shape index (κ1) is 14.4. The van der Waals surface area contributed by atoms with Gasteiger partial charge in [-0.05, 0) is 25.1 Å². The molecule has 1 aromatic carbocycles. The Kier molecular flexibility index (Phi) is 7.35. The monoisotopic (exact) mass is 243 g/mol. The van der Waals surface area contributed by atoms with Gasteiger partial charge in [0.1, 0.15) is 0 Å². The van der Waals surface area contributed by atoms with Gasteiger partial charge in [0.05, 0.1) is 15.2 Å². The van der Waals surface area contributed by atoms with Crippen LogP contribution < -0.4 is 0 Å². The molecule has 0 bridgehead atoms. The third-order valence-electron chi connectivity index (χ3n) is 1.46. The van der Waals surface area contributed by atoms with Crippen LogP contribution in [0.3, 0.4) is 0 Å². The van der Waals surface area contributed by atoms with Gasteiger partial charge in [0.15, 0.2) is 0 Å². The van der Waals surface area contributed by atoms with Crippen molar-refractivity contribution in [2.24, 2.45) is 0 Å². The number of hydrogen-bond donors (Lipinski definition) is 0. The van der Waals surface area contributed by atoms with E-state index in [4.69, 9.17) is 11.6 Å². The highest BCUT2D eigenvalue weighted by Crippen LogP contribution is 2.23. The Morgan fingerprint density at radius 1 is 1.13 bits per heavy atom. The second kappa shape index (κ2) is 7.66. The molecule has 1 heterocycles. The zero-order valence-electron chi connectivity index (χ0n) is 9.97. The molecule has 0 aliphatic carbocycles. The normalized spacial score (nSPS) is 8.67. The highest BCUT2D eigenvalue weighted by molar-refractivity contribution is 7.18. The fraction of sp³-hybridized carbons (Fsp3) is 0.417. The average Bonchev–Trinajstić information content (AvgIpc) is 2.63. The minimum Gasteiger partial charge on any atom is -0.241 e. The maximum absolute atomic E-state index is 5.79. The van der Waals surface area contributed by atoms with Gasteiger partial charge in [0.25, 0.3) is 0 Å². The fourth-order valence-corrected chi connectivity index (χ4v) is 1.99. The number of thiazole rings is 1. The zero-order valence-corrected chi connectivity index (χ0v) is 11.5. The first-order valence-electron chi connectivity index (χ1n) is 5.28. The van der Waals surface area contributed by atoms with E-state index in [-0.39, 0.29) is 0 Å². The molecule has 84 valence electrons. The molecule has 0 unspecified atom stereocenters. The molecule has 2 aromatic rings. The molecule has 0 aliphatic rings. The molecule has 2 rings (SSSR count). The van der Waals surface area contributed by atoms with Crippen molar-refractivity contribution in [1.82, 2.24) is 4.98 Å². The maximum atomic E-state index is 5.79. The van der Waals surface area contributed by atoms with Crippen molar-refractivity contribution in [3.63, 3.8) is 0 Å². The molecule has 0 saturated heterocycles. The molecule has 1 nitrogen and oxygen atoms in total. The number of benzene rings is 1. The molecule has 0 spiro atoms. The smallest absolute Gasteiger partial charge is 0.0907 e. The lowest BCUT2D eigenvalue weighted by atomic mass is 10.3. The second-order valence-corrected chi connectivity index (χ2v) is 4.02. The lowest BCUT2D eigenvalue weighted by molar-refractivity contribution is 1.35. The Hall–Kier alpha value is -0.600. The van der Waals surface area contributed by atoms with Gasteiger partial charge in [-0.15, -0.1) is 11.3 Å². The van der Waals surface area contributed by atoms with Crippen LogP contribution in [0.25, 0.3) is 10.2 Å². The van der Waals surface area contributed by atoms with E-state index in [0.29, 0.717) is 0 Å². The maximum Gasteiger partial charge on any atom is 0.0907 e. The van der Waals surface area contributed by atoms with Crippen LogP contribution in [-0.2, 0) is 0 Å². The zero-order chi connectivity index (χ0) is 11.8. The molecule has 0 radical (unpaired) electrons. The van der Waals surface area contributed by atoms with Crippen molar-refractivity contribution < 1.29 is 0 Å². The third-order valence-corrected chi connectivity index (χ3v) is 2.64. The Balaban J connectivity index is 0.000000442. The summed E-state index contributed by atoms with van der Waals surface area (Å²) in [5, 5.41) is 1.84. The Morgan fingerprint density at radius 2 is 1.73 bits per heavy atom. The van der Waals surface area contributed by atoms with Crippen LogP contribution in [0.4, 0.5) is 0 Å². The molecule has 15 heavy (non-hydrogen) atoms. The number of hydrogen-bond acceptors (Lipinski definition) is 2. The first-order valence-corrected chi connectivity index (χ1v) is 6.48. The molecule has 0 aliphatic heterocycles. The van der Waals surface area contributed by atoms with Gasteiger partial charge in [0.2, 0.25) is 0 Å². The van der Waals surface area contributed by atoms with Crippen molar-refractivity contribution in [3.05, 3.63) is 28.2 Å². The second-order valence-electron chi connectivity index (χ2n) is 2.34. The summed E-state index contributed by atoms with van der Waals surface area (Å²) in [4.78, 5) is 4.31. The van der Waals surface area contributed by atoms with Crippen LogP contribution in [-0.4, -0.2) is 4.98 Å². The van der Waals surface area contributed by atoms with Gasteiger partial charge in [0, 0.05) is 5.02 Å². The predicted octanol–water partition coefficient (Wildman–Crippen LogP) is 5.31. The minimum absolute atomic E-state index is 0.753. The van der Waals surface area contributed by atoms with E-state index >= 15 is 0 Å². The van der Waals surface area contributed by atoms with E-state index in [1.54, 1.807) is 11.3 Å². The van der Waals surface area contributed by atoms with Crippen LogP contribution >= 0.6 is 22.9 Å². The molecule has 0 saturated carbocycles. The predicted molar refractivity (Wildman–Crippen MR) is 72.1 cm³/mol. The Morgan fingerprint density at radius 3 is 2.33 bits per heavy atom. The van der Waals surface area contributed by atoms with E-state index in [0.717, 1.165) is 15.5 Å². The highest BCUT2D eigenvalue weighted by Gasteiger charge is 1.98. The van der Waals surface area contributed by atoms with Gasteiger partial charge in [-0.1, -0.05) is 39.3 Å². The van der Waals surface area contributed by atoms with E-state index in [2.05, 4.69) is 4.98 Å². The van der Waals surface area contributed by atoms with Gasteiger partial charge >= 0.3 is 0 Å². The van der Waals surface area contributed by atoms with Crippen molar-refractivity contribution in [1.29, 1.82) is 0 Å². The average molecular weight is 244 g/mol. The number of rotatable bonds is 0. The summed E-state index contributed by atoms with van der Waals surface area (Å²) in [5.74, 6) is 0. The number of halogens is 1. The summed E-state index contributed by atoms with van der Waals surface area (Å²) in [6.45, 7) is 10.00. The largest absolute Gasteiger partial charge is 0.241 e. The van der Waals surface area contributed by atoms with E-state index in [9.17, 15) is 0 Å². The topological polar surface area (TPSA) is 12.9 Å². The minimum atomic E-state index is 0.753. The van der Waals surface area contributed by atoms with Gasteiger partial charge in [-0.25, -0.2) is 4.98 Å². The van der Waals surface area contributed by atoms with E-state index in [1.807, 2.05) is 52.8 Å². The summed E-state index contributed by atoms with van der Waals surface area (Å²) in [5.41, 5.74) is 1.00. The van der Waals surface area contributed by atoms with Crippen LogP contribution in [0.5, 0.6) is 0 Å². The number of aromatic nitrogens is 1. The molecular weight excluding hydrogens is 226 g/mol. The molecule has 1 aromatic heterocycles. The van der Waals surface area contributed by atoms with Crippen molar-refractivity contribution in [2.45, 2.75) is 34.6 Å². The van der Waals surface area contributed by atoms with E-state index < -0.39 is 0 Å². The van der Waals surface area contributed by atoms with Crippen molar-refractivity contribution in [2.75, 3.05) is 0 Å². The highest BCUT2D eigenvalue weighted by atomic mass is 35.5. The summed E-state index contributed by atoms with van der Waals surface area (Å²) >= 11 is 7.48. The Bertz CT molecular complexity index is 395.